The van der Waals surface area contributed by atoms with Crippen LogP contribution in [-0.2, 0) is 0 Å². The zero-order valence-corrected chi connectivity index (χ0v) is 17.4. The normalized spacial score (nSPS) is 16.1. The van der Waals surface area contributed by atoms with Crippen molar-refractivity contribution in [3.63, 3.8) is 0 Å². The Bertz CT molecular complexity index is 822. The molecule has 8 heteroatoms. The quantitative estimate of drug-likeness (QED) is 0.655. The number of halogens is 2. The summed E-state index contributed by atoms with van der Waals surface area (Å²) in [6.45, 7) is 4.59. The number of hydrogen-bond acceptors (Lipinski definition) is 4. The van der Waals surface area contributed by atoms with Gasteiger partial charge in [0.25, 0.3) is 11.8 Å². The van der Waals surface area contributed by atoms with E-state index in [1.807, 2.05) is 6.92 Å². The van der Waals surface area contributed by atoms with Crippen LogP contribution in [0.25, 0.3) is 0 Å². The highest BCUT2D eigenvalue weighted by atomic mass is 35.5. The summed E-state index contributed by atoms with van der Waals surface area (Å²) in [6, 6.07) is 7.28. The van der Waals surface area contributed by atoms with Gasteiger partial charge < -0.3 is 16.0 Å². The fourth-order valence-corrected chi connectivity index (χ4v) is 4.21. The lowest BCUT2D eigenvalue weighted by atomic mass is 9.96. The van der Waals surface area contributed by atoms with Crippen LogP contribution >= 0.6 is 23.7 Å². The number of carbonyl (C=O) groups excluding carboxylic acids is 2. The molecule has 2 amide bonds. The van der Waals surface area contributed by atoms with E-state index < -0.39 is 11.7 Å². The minimum atomic E-state index is -0.460. The van der Waals surface area contributed by atoms with Crippen molar-refractivity contribution < 1.29 is 14.0 Å². The zero-order chi connectivity index (χ0) is 19.2. The number of hydrogen-bond donors (Lipinski definition) is 3. The maximum atomic E-state index is 13.3. The number of anilines is 1. The summed E-state index contributed by atoms with van der Waals surface area (Å²) in [7, 11) is 0. The number of amides is 2. The number of rotatable bonds is 6. The summed E-state index contributed by atoms with van der Waals surface area (Å²) in [5, 5.41) is 9.66. The fraction of sp³-hybridized carbons (Fsp3) is 0.400. The third-order valence-electron chi connectivity index (χ3n) is 4.68. The van der Waals surface area contributed by atoms with E-state index in [9.17, 15) is 14.0 Å². The van der Waals surface area contributed by atoms with Crippen molar-refractivity contribution in [2.75, 3.05) is 25.0 Å². The fourth-order valence-electron chi connectivity index (χ4n) is 3.22. The largest absolute Gasteiger partial charge is 0.351 e. The molecule has 3 N–H and O–H groups in total. The van der Waals surface area contributed by atoms with Crippen LogP contribution in [-0.4, -0.2) is 31.4 Å². The summed E-state index contributed by atoms with van der Waals surface area (Å²) in [4.78, 5) is 25.3. The van der Waals surface area contributed by atoms with Gasteiger partial charge in [0.05, 0.1) is 9.88 Å². The molecule has 1 aromatic heterocycles. The van der Waals surface area contributed by atoms with E-state index in [0.29, 0.717) is 22.3 Å². The van der Waals surface area contributed by atoms with Crippen molar-refractivity contribution in [1.82, 2.24) is 10.6 Å². The Morgan fingerprint density at radius 1 is 1.29 bits per heavy atom. The SMILES string of the molecule is Cc1cc(NC(=O)c2cccc(F)c2)sc1C(=O)NCCC1CCCNC1.Cl. The molecule has 0 spiro atoms. The van der Waals surface area contributed by atoms with Crippen molar-refractivity contribution in [2.45, 2.75) is 26.2 Å². The minimum Gasteiger partial charge on any atom is -0.351 e. The van der Waals surface area contributed by atoms with E-state index >= 15 is 0 Å². The van der Waals surface area contributed by atoms with Gasteiger partial charge in [0.2, 0.25) is 0 Å². The van der Waals surface area contributed by atoms with Crippen molar-refractivity contribution in [3.8, 4) is 0 Å². The molecule has 1 aromatic carbocycles. The number of carbonyl (C=O) groups is 2. The van der Waals surface area contributed by atoms with Crippen LogP contribution in [0.4, 0.5) is 9.39 Å². The third-order valence-corrected chi connectivity index (χ3v) is 5.84. The van der Waals surface area contributed by atoms with Gasteiger partial charge in [-0.3, -0.25) is 9.59 Å². The number of aryl methyl sites for hydroxylation is 1. The van der Waals surface area contributed by atoms with Crippen LogP contribution < -0.4 is 16.0 Å². The molecule has 1 atom stereocenters. The van der Waals surface area contributed by atoms with E-state index in [0.717, 1.165) is 25.1 Å². The Morgan fingerprint density at radius 2 is 2.11 bits per heavy atom. The molecular formula is C20H25ClFN3O2S. The Morgan fingerprint density at radius 3 is 2.82 bits per heavy atom. The summed E-state index contributed by atoms with van der Waals surface area (Å²) in [6.07, 6.45) is 3.36. The first-order valence-electron chi connectivity index (χ1n) is 9.19. The van der Waals surface area contributed by atoms with Crippen LogP contribution in [0.15, 0.2) is 30.3 Å². The predicted octanol–water partition coefficient (Wildman–Crippen LogP) is 3.99. The molecule has 3 rings (SSSR count). The molecule has 1 saturated heterocycles. The lowest BCUT2D eigenvalue weighted by molar-refractivity contribution is 0.0953. The molecule has 2 heterocycles. The second kappa shape index (κ2) is 10.5. The Kier molecular flexibility index (Phi) is 8.41. The van der Waals surface area contributed by atoms with E-state index in [1.54, 1.807) is 12.1 Å². The van der Waals surface area contributed by atoms with Gasteiger partial charge >= 0.3 is 0 Å². The van der Waals surface area contributed by atoms with Gasteiger partial charge in [-0.2, -0.15) is 0 Å². The molecule has 0 radical (unpaired) electrons. The highest BCUT2D eigenvalue weighted by Crippen LogP contribution is 2.27. The van der Waals surface area contributed by atoms with E-state index in [2.05, 4.69) is 16.0 Å². The summed E-state index contributed by atoms with van der Waals surface area (Å²) >= 11 is 1.23. The predicted molar refractivity (Wildman–Crippen MR) is 113 cm³/mol. The van der Waals surface area contributed by atoms with E-state index in [-0.39, 0.29) is 23.9 Å². The van der Waals surface area contributed by atoms with Gasteiger partial charge in [-0.1, -0.05) is 6.07 Å². The molecular weight excluding hydrogens is 401 g/mol. The lowest BCUT2D eigenvalue weighted by Gasteiger charge is -2.22. The molecule has 1 aliphatic heterocycles. The first-order chi connectivity index (χ1) is 13.0. The Hall–Kier alpha value is -1.96. The maximum absolute atomic E-state index is 13.3. The van der Waals surface area contributed by atoms with Crippen molar-refractivity contribution in [1.29, 1.82) is 0 Å². The van der Waals surface area contributed by atoms with Gasteiger partial charge in [-0.15, -0.1) is 23.7 Å². The van der Waals surface area contributed by atoms with Crippen LogP contribution in [0, 0.1) is 18.7 Å². The number of thiophene rings is 1. The first-order valence-corrected chi connectivity index (χ1v) is 10.0. The molecule has 0 bridgehead atoms. The number of piperidine rings is 1. The molecule has 0 aliphatic carbocycles. The van der Waals surface area contributed by atoms with Crippen molar-refractivity contribution >= 4 is 40.6 Å². The first kappa shape index (κ1) is 22.3. The monoisotopic (exact) mass is 425 g/mol. The number of benzene rings is 1. The second-order valence-electron chi connectivity index (χ2n) is 6.84. The van der Waals surface area contributed by atoms with Crippen LogP contribution in [0.5, 0.6) is 0 Å². The molecule has 2 aromatic rings. The molecule has 5 nitrogen and oxygen atoms in total. The Labute approximate surface area is 174 Å². The highest BCUT2D eigenvalue weighted by molar-refractivity contribution is 7.18. The molecule has 28 heavy (non-hydrogen) atoms. The van der Waals surface area contributed by atoms with Crippen LogP contribution in [0.1, 0.15) is 44.9 Å². The van der Waals surface area contributed by atoms with E-state index in [1.165, 1.54) is 42.4 Å². The van der Waals surface area contributed by atoms with Crippen LogP contribution in [0.3, 0.4) is 0 Å². The van der Waals surface area contributed by atoms with Crippen molar-refractivity contribution in [3.05, 3.63) is 52.2 Å². The zero-order valence-electron chi connectivity index (χ0n) is 15.7. The van der Waals surface area contributed by atoms with Crippen LogP contribution in [0.2, 0.25) is 0 Å². The van der Waals surface area contributed by atoms with Gasteiger partial charge in [0.15, 0.2) is 0 Å². The van der Waals surface area contributed by atoms with Gasteiger partial charge in [-0.05, 0) is 75.0 Å². The number of nitrogens with one attached hydrogen (secondary N) is 3. The maximum Gasteiger partial charge on any atom is 0.261 e. The molecule has 1 fully saturated rings. The minimum absolute atomic E-state index is 0. The topological polar surface area (TPSA) is 70.2 Å². The summed E-state index contributed by atoms with van der Waals surface area (Å²) < 4.78 is 13.3. The van der Waals surface area contributed by atoms with Gasteiger partial charge in [0.1, 0.15) is 5.82 Å². The van der Waals surface area contributed by atoms with E-state index in [4.69, 9.17) is 0 Å². The average molecular weight is 426 g/mol. The summed E-state index contributed by atoms with van der Waals surface area (Å²) in [5.41, 5.74) is 1.06. The highest BCUT2D eigenvalue weighted by Gasteiger charge is 2.17. The standard InChI is InChI=1S/C20H24FN3O2S.ClH/c1-13-10-17(24-19(25)15-5-2-6-16(21)11-15)27-18(13)20(26)23-9-7-14-4-3-8-22-12-14;/h2,5-6,10-11,14,22H,3-4,7-9,12H2,1H3,(H,23,26)(H,24,25);1H. The Balaban J connectivity index is 0.00000280. The lowest BCUT2D eigenvalue weighted by Crippen LogP contribution is -2.33. The van der Waals surface area contributed by atoms with Gasteiger partial charge in [-0.25, -0.2) is 4.39 Å². The molecule has 1 unspecified atom stereocenters. The molecule has 1 aliphatic rings. The third kappa shape index (κ3) is 6.02. The molecule has 0 saturated carbocycles. The molecule has 152 valence electrons. The smallest absolute Gasteiger partial charge is 0.261 e. The van der Waals surface area contributed by atoms with Crippen molar-refractivity contribution in [2.24, 2.45) is 5.92 Å². The average Bonchev–Trinajstić information content (AvgIpc) is 3.02. The summed E-state index contributed by atoms with van der Waals surface area (Å²) in [5.74, 6) is -0.358. The second-order valence-corrected chi connectivity index (χ2v) is 7.90. The van der Waals surface area contributed by atoms with Gasteiger partial charge in [0, 0.05) is 12.1 Å².